The first kappa shape index (κ1) is 17.5. The van der Waals surface area contributed by atoms with E-state index in [-0.39, 0.29) is 11.8 Å². The number of carbonyl (C=O) groups is 1. The number of anilines is 1. The topological polar surface area (TPSA) is 71.8 Å². The number of aryl methyl sites for hydroxylation is 1. The molecule has 138 valence electrons. The average molecular weight is 374 g/mol. The molecule has 6 nitrogen and oxygen atoms in total. The Bertz CT molecular complexity index is 797. The average Bonchev–Trinajstić information content (AvgIpc) is 2.92. The van der Waals surface area contributed by atoms with Gasteiger partial charge in [0, 0.05) is 30.8 Å². The molecule has 1 amide bonds. The molecule has 0 bridgehead atoms. The van der Waals surface area contributed by atoms with Gasteiger partial charge < -0.3 is 15.2 Å². The monoisotopic (exact) mass is 373 g/mol. The Morgan fingerprint density at radius 1 is 1.23 bits per heavy atom. The Morgan fingerprint density at radius 3 is 3.00 bits per heavy atom. The van der Waals surface area contributed by atoms with Crippen LogP contribution in [0.15, 0.2) is 18.2 Å². The van der Waals surface area contributed by atoms with E-state index in [1.54, 1.807) is 0 Å². The summed E-state index contributed by atoms with van der Waals surface area (Å²) in [5.74, 6) is 1.90. The van der Waals surface area contributed by atoms with Gasteiger partial charge in [0.05, 0.1) is 10.9 Å². The molecule has 2 N–H and O–H groups in total. The fourth-order valence-corrected chi connectivity index (χ4v) is 3.98. The van der Waals surface area contributed by atoms with E-state index >= 15 is 0 Å². The molecular formula is C19H24ClN5O. The summed E-state index contributed by atoms with van der Waals surface area (Å²) in [6.45, 7) is 2.65. The number of nitrogens with zero attached hydrogens (tertiary/aromatic N) is 3. The maximum Gasteiger partial charge on any atom is 0.228 e. The minimum atomic E-state index is 0.0206. The predicted octanol–water partition coefficient (Wildman–Crippen LogP) is 3.26. The third-order valence-electron chi connectivity index (χ3n) is 5.25. The summed E-state index contributed by atoms with van der Waals surface area (Å²) in [4.78, 5) is 12.5. The first-order valence-electron chi connectivity index (χ1n) is 9.46. The highest BCUT2D eigenvalue weighted by atomic mass is 35.5. The van der Waals surface area contributed by atoms with Crippen molar-refractivity contribution in [2.24, 2.45) is 5.92 Å². The minimum Gasteiger partial charge on any atom is -0.326 e. The standard InChI is InChI=1S/C19H24ClN5O/c20-16-8-7-14(22-19(26)13-5-4-9-21-12-13)11-15(16)18-24-23-17-6-2-1-3-10-25(17)18/h7-8,11,13,21H,1-6,9-10,12H2,(H,22,26). The van der Waals surface area contributed by atoms with Crippen LogP contribution in [0.5, 0.6) is 0 Å². The van der Waals surface area contributed by atoms with Crippen LogP contribution < -0.4 is 10.6 Å². The van der Waals surface area contributed by atoms with Crippen LogP contribution in [0.3, 0.4) is 0 Å². The summed E-state index contributed by atoms with van der Waals surface area (Å²) in [5.41, 5.74) is 1.58. The van der Waals surface area contributed by atoms with Crippen molar-refractivity contribution in [1.29, 1.82) is 0 Å². The van der Waals surface area contributed by atoms with Crippen LogP contribution in [-0.4, -0.2) is 33.8 Å². The molecule has 1 atom stereocenters. The summed E-state index contributed by atoms with van der Waals surface area (Å²) in [6.07, 6.45) is 6.41. The lowest BCUT2D eigenvalue weighted by Crippen LogP contribution is -2.37. The van der Waals surface area contributed by atoms with Gasteiger partial charge in [-0.15, -0.1) is 10.2 Å². The predicted molar refractivity (Wildman–Crippen MR) is 102 cm³/mol. The number of benzene rings is 1. The second-order valence-corrected chi connectivity index (χ2v) is 7.54. The van der Waals surface area contributed by atoms with E-state index in [9.17, 15) is 4.79 Å². The van der Waals surface area contributed by atoms with E-state index in [4.69, 9.17) is 11.6 Å². The van der Waals surface area contributed by atoms with Crippen LogP contribution in [0.4, 0.5) is 5.69 Å². The van der Waals surface area contributed by atoms with E-state index in [0.717, 1.165) is 74.6 Å². The Labute approximate surface area is 158 Å². The van der Waals surface area contributed by atoms with E-state index in [0.29, 0.717) is 5.02 Å². The molecule has 0 aliphatic carbocycles. The lowest BCUT2D eigenvalue weighted by atomic mass is 9.98. The molecule has 4 rings (SSSR count). The van der Waals surface area contributed by atoms with Gasteiger partial charge in [0.1, 0.15) is 5.82 Å². The first-order chi connectivity index (χ1) is 12.7. The molecule has 2 aromatic rings. The van der Waals surface area contributed by atoms with E-state index in [1.165, 1.54) is 6.42 Å². The first-order valence-corrected chi connectivity index (χ1v) is 9.84. The summed E-state index contributed by atoms with van der Waals surface area (Å²) in [7, 11) is 0. The third-order valence-corrected chi connectivity index (χ3v) is 5.58. The van der Waals surface area contributed by atoms with Gasteiger partial charge in [-0.25, -0.2) is 0 Å². The SMILES string of the molecule is O=C(Nc1ccc(Cl)c(-c2nnc3n2CCCCC3)c1)C1CCCNC1. The molecular weight excluding hydrogens is 350 g/mol. The molecule has 1 saturated heterocycles. The summed E-state index contributed by atoms with van der Waals surface area (Å²) in [5, 5.41) is 15.7. The number of halogens is 1. The smallest absolute Gasteiger partial charge is 0.228 e. The van der Waals surface area contributed by atoms with Gasteiger partial charge in [-0.2, -0.15) is 0 Å². The zero-order valence-electron chi connectivity index (χ0n) is 14.8. The molecule has 1 aromatic carbocycles. The molecule has 0 radical (unpaired) electrons. The zero-order valence-corrected chi connectivity index (χ0v) is 15.6. The van der Waals surface area contributed by atoms with Crippen LogP contribution >= 0.6 is 11.6 Å². The van der Waals surface area contributed by atoms with Gasteiger partial charge in [-0.3, -0.25) is 4.79 Å². The van der Waals surface area contributed by atoms with Crippen LogP contribution in [0.25, 0.3) is 11.4 Å². The Hall–Kier alpha value is -1.92. The molecule has 1 fully saturated rings. The molecule has 3 heterocycles. The van der Waals surface area contributed by atoms with Crippen molar-refractivity contribution in [2.75, 3.05) is 18.4 Å². The summed E-state index contributed by atoms with van der Waals surface area (Å²) in [6, 6.07) is 5.59. The maximum absolute atomic E-state index is 12.5. The van der Waals surface area contributed by atoms with Gasteiger partial charge in [0.25, 0.3) is 0 Å². The molecule has 2 aliphatic rings. The van der Waals surface area contributed by atoms with Crippen molar-refractivity contribution >= 4 is 23.2 Å². The van der Waals surface area contributed by atoms with Crippen molar-refractivity contribution < 1.29 is 4.79 Å². The third kappa shape index (κ3) is 3.62. The van der Waals surface area contributed by atoms with Gasteiger partial charge in [0.2, 0.25) is 5.91 Å². The van der Waals surface area contributed by atoms with Gasteiger partial charge in [-0.1, -0.05) is 18.0 Å². The molecule has 1 unspecified atom stereocenters. The lowest BCUT2D eigenvalue weighted by Gasteiger charge is -2.22. The van der Waals surface area contributed by atoms with E-state index < -0.39 is 0 Å². The second kappa shape index (κ2) is 7.76. The minimum absolute atomic E-state index is 0.0206. The van der Waals surface area contributed by atoms with Crippen LogP contribution in [-0.2, 0) is 17.8 Å². The quantitative estimate of drug-likeness (QED) is 0.866. The number of nitrogens with one attached hydrogen (secondary N) is 2. The number of fused-ring (bicyclic) bond motifs is 1. The highest BCUT2D eigenvalue weighted by molar-refractivity contribution is 6.33. The Kier molecular flexibility index (Phi) is 5.22. The molecule has 0 spiro atoms. The molecule has 2 aliphatic heterocycles. The van der Waals surface area contributed by atoms with E-state index in [1.807, 2.05) is 18.2 Å². The number of hydrogen-bond acceptors (Lipinski definition) is 4. The molecule has 0 saturated carbocycles. The fraction of sp³-hybridized carbons (Fsp3) is 0.526. The van der Waals surface area contributed by atoms with Gasteiger partial charge in [-0.05, 0) is 50.4 Å². The van der Waals surface area contributed by atoms with Gasteiger partial charge >= 0.3 is 0 Å². The number of amides is 1. The number of aromatic nitrogens is 3. The molecule has 7 heteroatoms. The van der Waals surface area contributed by atoms with Crippen molar-refractivity contribution in [1.82, 2.24) is 20.1 Å². The second-order valence-electron chi connectivity index (χ2n) is 7.13. The molecule has 26 heavy (non-hydrogen) atoms. The largest absolute Gasteiger partial charge is 0.326 e. The van der Waals surface area contributed by atoms with Crippen LogP contribution in [0.1, 0.15) is 37.9 Å². The highest BCUT2D eigenvalue weighted by Crippen LogP contribution is 2.31. The number of carbonyl (C=O) groups excluding carboxylic acids is 1. The number of rotatable bonds is 3. The van der Waals surface area contributed by atoms with Crippen molar-refractivity contribution in [2.45, 2.75) is 45.1 Å². The summed E-state index contributed by atoms with van der Waals surface area (Å²) < 4.78 is 2.17. The normalized spacial score (nSPS) is 20.3. The molecule has 1 aromatic heterocycles. The lowest BCUT2D eigenvalue weighted by molar-refractivity contribution is -0.120. The number of hydrogen-bond donors (Lipinski definition) is 2. The number of piperidine rings is 1. The van der Waals surface area contributed by atoms with Crippen molar-refractivity contribution in [3.05, 3.63) is 29.0 Å². The van der Waals surface area contributed by atoms with Crippen molar-refractivity contribution in [3.8, 4) is 11.4 Å². The Balaban J connectivity index is 1.59. The Morgan fingerprint density at radius 2 is 2.15 bits per heavy atom. The zero-order chi connectivity index (χ0) is 17.9. The fourth-order valence-electron chi connectivity index (χ4n) is 3.78. The van der Waals surface area contributed by atoms with E-state index in [2.05, 4.69) is 25.4 Å². The van der Waals surface area contributed by atoms with Crippen LogP contribution in [0.2, 0.25) is 5.02 Å². The van der Waals surface area contributed by atoms with Gasteiger partial charge in [0.15, 0.2) is 5.82 Å². The highest BCUT2D eigenvalue weighted by Gasteiger charge is 2.22. The van der Waals surface area contributed by atoms with Crippen molar-refractivity contribution in [3.63, 3.8) is 0 Å². The maximum atomic E-state index is 12.5. The summed E-state index contributed by atoms with van der Waals surface area (Å²) >= 11 is 6.45. The van der Waals surface area contributed by atoms with Crippen LogP contribution in [0, 0.1) is 5.92 Å².